The van der Waals surface area contributed by atoms with E-state index in [4.69, 9.17) is 14.2 Å². The van der Waals surface area contributed by atoms with E-state index in [9.17, 15) is 15.3 Å². The molecule has 4 heterocycles. The summed E-state index contributed by atoms with van der Waals surface area (Å²) in [7, 11) is 3.58. The van der Waals surface area contributed by atoms with Crippen molar-refractivity contribution in [1.82, 2.24) is 9.55 Å². The van der Waals surface area contributed by atoms with Crippen LogP contribution in [0.25, 0.3) is 11.0 Å². The maximum absolute atomic E-state index is 13.1. The van der Waals surface area contributed by atoms with Crippen molar-refractivity contribution in [2.75, 3.05) is 43.4 Å². The van der Waals surface area contributed by atoms with Crippen molar-refractivity contribution in [3.05, 3.63) is 51.9 Å². The van der Waals surface area contributed by atoms with Crippen LogP contribution in [0.2, 0.25) is 0 Å². The fourth-order valence-electron chi connectivity index (χ4n) is 6.60. The van der Waals surface area contributed by atoms with Gasteiger partial charge < -0.3 is 28.6 Å². The highest BCUT2D eigenvalue weighted by atomic mass is 16.7. The summed E-state index contributed by atoms with van der Waals surface area (Å²) in [6.07, 6.45) is 5.94. The minimum Gasteiger partial charge on any atom is -0.454 e. The molecule has 10 nitrogen and oxygen atoms in total. The van der Waals surface area contributed by atoms with Gasteiger partial charge in [0.15, 0.2) is 11.5 Å². The summed E-state index contributed by atoms with van der Waals surface area (Å²) in [6.45, 7) is 2.79. The van der Waals surface area contributed by atoms with Crippen LogP contribution in [0.5, 0.6) is 11.5 Å². The van der Waals surface area contributed by atoms with Crippen molar-refractivity contribution in [2.24, 2.45) is 13.0 Å². The summed E-state index contributed by atoms with van der Waals surface area (Å²) in [5, 5.41) is 19.5. The smallest absolute Gasteiger partial charge is 0.270 e. The minimum absolute atomic E-state index is 0.0616. The van der Waals surface area contributed by atoms with Crippen LogP contribution in [0.4, 0.5) is 11.4 Å². The zero-order chi connectivity index (χ0) is 28.5. The Hall–Kier alpha value is -4.28. The number of pyridine rings is 2. The van der Waals surface area contributed by atoms with Crippen LogP contribution in [0, 0.1) is 28.6 Å². The Morgan fingerprint density at radius 2 is 1.80 bits per heavy atom. The lowest BCUT2D eigenvalue weighted by Gasteiger charge is -2.43. The molecule has 1 atom stereocenters. The van der Waals surface area contributed by atoms with Crippen LogP contribution in [-0.4, -0.2) is 55.2 Å². The average molecular weight is 555 g/mol. The second-order valence-corrected chi connectivity index (χ2v) is 11.2. The lowest BCUT2D eigenvalue weighted by molar-refractivity contribution is 0.0562. The molecule has 6 rings (SSSR count). The molecule has 2 aliphatic heterocycles. The predicted octanol–water partition coefficient (Wildman–Crippen LogP) is 4.09. The van der Waals surface area contributed by atoms with E-state index < -0.39 is 0 Å². The quantitative estimate of drug-likeness (QED) is 0.444. The van der Waals surface area contributed by atoms with E-state index in [-0.39, 0.29) is 29.7 Å². The molecule has 2 aromatic heterocycles. The number of hydrogen-bond donors (Lipinski definition) is 0. The number of nitriles is 2. The fraction of sp³-hybridized carbons (Fsp3) is 0.484. The third-order valence-corrected chi connectivity index (χ3v) is 8.85. The number of hydrogen-bond acceptors (Lipinski definition) is 9. The molecule has 0 bridgehead atoms. The summed E-state index contributed by atoms with van der Waals surface area (Å²) in [5.74, 6) is 2.04. The van der Waals surface area contributed by atoms with Gasteiger partial charge in [-0.15, -0.1) is 0 Å². The maximum Gasteiger partial charge on any atom is 0.270 e. The Bertz CT molecular complexity index is 1590. The Morgan fingerprint density at radius 3 is 2.54 bits per heavy atom. The Kier molecular flexibility index (Phi) is 7.42. The third kappa shape index (κ3) is 5.05. The first kappa shape index (κ1) is 26.9. The molecule has 1 unspecified atom stereocenters. The average Bonchev–Trinajstić information content (AvgIpc) is 3.49. The maximum atomic E-state index is 13.1. The SMILES string of the molecule is Cn1c(=O)c(C#N)c(N(C)[C@H]2CC[C@@H](N(CC3CCCOC3)c3ccc4c(c3)OCO4)CC2)c2nc(C#N)ccc21. The molecule has 0 radical (unpaired) electrons. The molecule has 3 aliphatic rings. The van der Waals surface area contributed by atoms with E-state index in [0.717, 1.165) is 75.5 Å². The first-order chi connectivity index (χ1) is 20.0. The predicted molar refractivity (Wildman–Crippen MR) is 154 cm³/mol. The van der Waals surface area contributed by atoms with Gasteiger partial charge in [-0.1, -0.05) is 0 Å². The van der Waals surface area contributed by atoms with Crippen molar-refractivity contribution >= 4 is 22.4 Å². The van der Waals surface area contributed by atoms with Gasteiger partial charge in [0.05, 0.1) is 17.8 Å². The number of nitrogens with zero attached hydrogens (tertiary/aromatic N) is 6. The van der Waals surface area contributed by atoms with Gasteiger partial charge >= 0.3 is 0 Å². The molecule has 0 spiro atoms. The number of aromatic nitrogens is 2. The molecule has 0 N–H and O–H groups in total. The van der Waals surface area contributed by atoms with Crippen molar-refractivity contribution < 1.29 is 14.2 Å². The van der Waals surface area contributed by atoms with E-state index in [1.807, 2.05) is 18.0 Å². The zero-order valence-corrected chi connectivity index (χ0v) is 23.5. The highest BCUT2D eigenvalue weighted by molar-refractivity contribution is 5.92. The third-order valence-electron chi connectivity index (χ3n) is 8.85. The number of ether oxygens (including phenoxy) is 3. The van der Waals surface area contributed by atoms with Crippen molar-refractivity contribution in [3.8, 4) is 23.6 Å². The zero-order valence-electron chi connectivity index (χ0n) is 23.5. The Balaban J connectivity index is 1.27. The van der Waals surface area contributed by atoms with Gasteiger partial charge in [0.25, 0.3) is 5.56 Å². The van der Waals surface area contributed by atoms with E-state index in [0.29, 0.717) is 28.7 Å². The van der Waals surface area contributed by atoms with Crippen molar-refractivity contribution in [1.29, 1.82) is 10.5 Å². The first-order valence-corrected chi connectivity index (χ1v) is 14.3. The van der Waals surface area contributed by atoms with Gasteiger partial charge in [0.1, 0.15) is 28.9 Å². The molecule has 41 heavy (non-hydrogen) atoms. The second kappa shape index (κ2) is 11.3. The van der Waals surface area contributed by atoms with Gasteiger partial charge in [-0.2, -0.15) is 10.5 Å². The molecule has 1 aromatic carbocycles. The second-order valence-electron chi connectivity index (χ2n) is 11.2. The van der Waals surface area contributed by atoms with Crippen LogP contribution in [0.15, 0.2) is 35.1 Å². The van der Waals surface area contributed by atoms with E-state index in [2.05, 4.69) is 34.2 Å². The van der Waals surface area contributed by atoms with Crippen molar-refractivity contribution in [2.45, 2.75) is 50.6 Å². The number of benzene rings is 1. The summed E-state index contributed by atoms with van der Waals surface area (Å²) in [6, 6.07) is 14.2. The van der Waals surface area contributed by atoms with Crippen LogP contribution in [0.1, 0.15) is 49.8 Å². The first-order valence-electron chi connectivity index (χ1n) is 14.3. The molecule has 1 saturated carbocycles. The molecular formula is C31H34N6O4. The van der Waals surface area contributed by atoms with Crippen LogP contribution in [0.3, 0.4) is 0 Å². The number of aryl methyl sites for hydroxylation is 1. The highest BCUT2D eigenvalue weighted by Gasteiger charge is 2.33. The minimum atomic E-state index is -0.356. The summed E-state index contributed by atoms with van der Waals surface area (Å²) < 4.78 is 18.5. The summed E-state index contributed by atoms with van der Waals surface area (Å²) in [4.78, 5) is 22.2. The van der Waals surface area contributed by atoms with Gasteiger partial charge in [0, 0.05) is 51.1 Å². The normalized spacial score (nSPS) is 21.7. The molecular weight excluding hydrogens is 520 g/mol. The van der Waals surface area contributed by atoms with E-state index >= 15 is 0 Å². The largest absolute Gasteiger partial charge is 0.454 e. The van der Waals surface area contributed by atoms with Gasteiger partial charge in [0.2, 0.25) is 6.79 Å². The summed E-state index contributed by atoms with van der Waals surface area (Å²) >= 11 is 0. The molecule has 1 aliphatic carbocycles. The molecule has 10 heteroatoms. The molecule has 0 amide bonds. The number of anilines is 2. The monoisotopic (exact) mass is 554 g/mol. The topological polar surface area (TPSA) is 117 Å². The van der Waals surface area contributed by atoms with Crippen molar-refractivity contribution in [3.63, 3.8) is 0 Å². The van der Waals surface area contributed by atoms with Crippen LogP contribution >= 0.6 is 0 Å². The standard InChI is InChI=1S/C31H34N6O4/c1-35(30-25(16-33)31(38)36(2)26-11-5-21(15-32)34-29(26)30)22-6-8-23(9-7-22)37(17-20-4-3-13-39-18-20)24-10-12-27-28(14-24)41-19-40-27/h5,10-12,14,20,22-23H,3-4,6-9,13,17-19H2,1-2H3/t20?,22-,23+. The van der Waals surface area contributed by atoms with E-state index in [1.165, 1.54) is 4.57 Å². The molecule has 3 aromatic rings. The van der Waals surface area contributed by atoms with Gasteiger partial charge in [-0.25, -0.2) is 4.98 Å². The van der Waals surface area contributed by atoms with Crippen LogP contribution in [-0.2, 0) is 11.8 Å². The summed E-state index contributed by atoms with van der Waals surface area (Å²) in [5.41, 5.74) is 2.72. The molecule has 2 fully saturated rings. The van der Waals surface area contributed by atoms with Gasteiger partial charge in [-0.05, 0) is 68.7 Å². The van der Waals surface area contributed by atoms with E-state index in [1.54, 1.807) is 19.2 Å². The fourth-order valence-corrected chi connectivity index (χ4v) is 6.60. The molecule has 1 saturated heterocycles. The van der Waals surface area contributed by atoms with Gasteiger partial charge in [-0.3, -0.25) is 4.79 Å². The lowest BCUT2D eigenvalue weighted by Crippen LogP contribution is -2.46. The molecule has 212 valence electrons. The highest BCUT2D eigenvalue weighted by Crippen LogP contribution is 2.39. The number of rotatable bonds is 6. The Labute approximate surface area is 239 Å². The van der Waals surface area contributed by atoms with Crippen LogP contribution < -0.4 is 24.8 Å². The lowest BCUT2D eigenvalue weighted by atomic mass is 9.87. The Morgan fingerprint density at radius 1 is 1.02 bits per heavy atom. The number of fused-ring (bicyclic) bond motifs is 2.